The van der Waals surface area contributed by atoms with Gasteiger partial charge in [-0.3, -0.25) is 9.59 Å². The molecule has 6 heteroatoms. The number of piperidine rings is 1. The molecule has 3 heterocycles. The number of primary amides is 1. The first-order chi connectivity index (χ1) is 12.1. The third kappa shape index (κ3) is 3.11. The van der Waals surface area contributed by atoms with Crippen LogP contribution in [0.15, 0.2) is 18.2 Å². The SMILES string of the molecule is NC(=O)C1CCCN(CCN2CCN3CCc4cccc(c43)C2=O)C1. The molecule has 0 aliphatic carbocycles. The first-order valence-corrected chi connectivity index (χ1v) is 9.31. The Labute approximate surface area is 148 Å². The largest absolute Gasteiger partial charge is 0.369 e. The fraction of sp³-hybridized carbons (Fsp3) is 0.579. The smallest absolute Gasteiger partial charge is 0.256 e. The molecule has 1 unspecified atom stereocenters. The Bertz CT molecular complexity index is 690. The summed E-state index contributed by atoms with van der Waals surface area (Å²) in [5.74, 6) is -0.0996. The van der Waals surface area contributed by atoms with E-state index in [1.54, 1.807) is 0 Å². The second-order valence-corrected chi connectivity index (χ2v) is 7.38. The maximum Gasteiger partial charge on any atom is 0.256 e. The molecule has 2 N–H and O–H groups in total. The van der Waals surface area contributed by atoms with E-state index < -0.39 is 0 Å². The number of para-hydroxylation sites is 1. The number of rotatable bonds is 4. The van der Waals surface area contributed by atoms with Gasteiger partial charge in [0.1, 0.15) is 0 Å². The van der Waals surface area contributed by atoms with Crippen molar-refractivity contribution in [3.63, 3.8) is 0 Å². The van der Waals surface area contributed by atoms with E-state index >= 15 is 0 Å². The van der Waals surface area contributed by atoms with Crippen LogP contribution in [0.2, 0.25) is 0 Å². The van der Waals surface area contributed by atoms with Crippen molar-refractivity contribution < 1.29 is 9.59 Å². The maximum absolute atomic E-state index is 13.0. The zero-order chi connectivity index (χ0) is 17.4. The number of anilines is 1. The molecule has 1 aromatic rings. The van der Waals surface area contributed by atoms with Crippen LogP contribution in [0.3, 0.4) is 0 Å². The van der Waals surface area contributed by atoms with Gasteiger partial charge >= 0.3 is 0 Å². The summed E-state index contributed by atoms with van der Waals surface area (Å²) in [6.07, 6.45) is 2.93. The number of amides is 2. The maximum atomic E-state index is 13.0. The zero-order valence-electron chi connectivity index (χ0n) is 14.6. The lowest BCUT2D eigenvalue weighted by atomic mass is 9.97. The molecule has 0 spiro atoms. The molecule has 1 atom stereocenters. The normalized spacial score (nSPS) is 23.5. The second-order valence-electron chi connectivity index (χ2n) is 7.38. The van der Waals surface area contributed by atoms with Crippen LogP contribution in [0.4, 0.5) is 5.69 Å². The first kappa shape index (κ1) is 16.4. The molecule has 0 saturated carbocycles. The van der Waals surface area contributed by atoms with Crippen LogP contribution < -0.4 is 10.6 Å². The number of nitrogens with zero attached hydrogens (tertiary/aromatic N) is 3. The summed E-state index contributed by atoms with van der Waals surface area (Å²) in [7, 11) is 0. The van der Waals surface area contributed by atoms with E-state index in [9.17, 15) is 9.59 Å². The van der Waals surface area contributed by atoms with Gasteiger partial charge in [-0.05, 0) is 37.4 Å². The highest BCUT2D eigenvalue weighted by atomic mass is 16.2. The molecular weight excluding hydrogens is 316 g/mol. The van der Waals surface area contributed by atoms with Crippen LogP contribution in [0.25, 0.3) is 0 Å². The highest BCUT2D eigenvalue weighted by molar-refractivity contribution is 6.01. The van der Waals surface area contributed by atoms with Crippen molar-refractivity contribution in [3.8, 4) is 0 Å². The lowest BCUT2D eigenvalue weighted by Gasteiger charge is -2.33. The second kappa shape index (κ2) is 6.67. The van der Waals surface area contributed by atoms with Crippen LogP contribution in [0.5, 0.6) is 0 Å². The van der Waals surface area contributed by atoms with E-state index in [2.05, 4.69) is 15.9 Å². The molecule has 1 aromatic carbocycles. The van der Waals surface area contributed by atoms with E-state index in [-0.39, 0.29) is 17.7 Å². The van der Waals surface area contributed by atoms with Gasteiger partial charge in [0.25, 0.3) is 5.91 Å². The Morgan fingerprint density at radius 1 is 1.16 bits per heavy atom. The number of benzene rings is 1. The van der Waals surface area contributed by atoms with Crippen LogP contribution >= 0.6 is 0 Å². The van der Waals surface area contributed by atoms with Gasteiger partial charge in [0.05, 0.1) is 17.2 Å². The number of nitrogens with two attached hydrogens (primary N) is 1. The van der Waals surface area contributed by atoms with Gasteiger partial charge in [0, 0.05) is 39.3 Å². The summed E-state index contributed by atoms with van der Waals surface area (Å²) in [6.45, 7) is 5.91. The molecule has 3 aliphatic heterocycles. The lowest BCUT2D eigenvalue weighted by molar-refractivity contribution is -0.123. The van der Waals surface area contributed by atoms with Gasteiger partial charge in [0.2, 0.25) is 5.91 Å². The lowest BCUT2D eigenvalue weighted by Crippen LogP contribution is -2.45. The van der Waals surface area contributed by atoms with Gasteiger partial charge in [-0.25, -0.2) is 0 Å². The Hall–Kier alpha value is -2.08. The number of hydrogen-bond donors (Lipinski definition) is 1. The minimum absolute atomic E-state index is 0.0436. The van der Waals surface area contributed by atoms with E-state index in [0.717, 1.165) is 69.8 Å². The number of hydrogen-bond acceptors (Lipinski definition) is 4. The fourth-order valence-corrected chi connectivity index (χ4v) is 4.41. The fourth-order valence-electron chi connectivity index (χ4n) is 4.41. The Kier molecular flexibility index (Phi) is 4.37. The van der Waals surface area contributed by atoms with Crippen LogP contribution in [0.1, 0.15) is 28.8 Å². The van der Waals surface area contributed by atoms with Gasteiger partial charge < -0.3 is 20.4 Å². The average molecular weight is 342 g/mol. The zero-order valence-corrected chi connectivity index (χ0v) is 14.6. The third-order valence-electron chi connectivity index (χ3n) is 5.84. The van der Waals surface area contributed by atoms with Crippen LogP contribution in [-0.2, 0) is 11.2 Å². The Morgan fingerprint density at radius 2 is 2.04 bits per heavy atom. The molecule has 4 rings (SSSR count). The summed E-state index contributed by atoms with van der Waals surface area (Å²) in [6, 6.07) is 6.10. The highest BCUT2D eigenvalue weighted by Crippen LogP contribution is 2.34. The molecule has 1 saturated heterocycles. The molecule has 2 amide bonds. The molecule has 3 aliphatic rings. The summed E-state index contributed by atoms with van der Waals surface area (Å²) in [5.41, 5.74) is 8.77. The minimum atomic E-state index is -0.199. The van der Waals surface area contributed by atoms with Gasteiger partial charge in [-0.2, -0.15) is 0 Å². The van der Waals surface area contributed by atoms with Crippen LogP contribution in [0, 0.1) is 5.92 Å². The van der Waals surface area contributed by atoms with Crippen molar-refractivity contribution in [2.24, 2.45) is 11.7 Å². The van der Waals surface area contributed by atoms with Crippen molar-refractivity contribution in [1.29, 1.82) is 0 Å². The topological polar surface area (TPSA) is 69.9 Å². The van der Waals surface area contributed by atoms with E-state index in [1.165, 1.54) is 5.56 Å². The highest BCUT2D eigenvalue weighted by Gasteiger charge is 2.31. The summed E-state index contributed by atoms with van der Waals surface area (Å²) in [5, 5.41) is 0. The van der Waals surface area contributed by atoms with Crippen LogP contribution in [-0.4, -0.2) is 67.4 Å². The number of carbonyl (C=O) groups is 2. The molecule has 0 bridgehead atoms. The monoisotopic (exact) mass is 342 g/mol. The van der Waals surface area contributed by atoms with Gasteiger partial charge in [0.15, 0.2) is 0 Å². The van der Waals surface area contributed by atoms with E-state index in [1.807, 2.05) is 17.0 Å². The molecule has 0 radical (unpaired) electrons. The van der Waals surface area contributed by atoms with E-state index in [0.29, 0.717) is 6.54 Å². The minimum Gasteiger partial charge on any atom is -0.369 e. The standard InChI is InChI=1S/C19H26N4O2/c20-18(24)15-4-2-7-21(13-15)9-10-23-12-11-22-8-6-14-3-1-5-16(17(14)22)19(23)25/h1,3,5,15H,2,4,6-13H2,(H2,20,24). The van der Waals surface area contributed by atoms with Crippen molar-refractivity contribution in [2.75, 3.05) is 50.7 Å². The number of likely N-dealkylation sites (tertiary alicyclic amines) is 1. The quantitative estimate of drug-likeness (QED) is 0.875. The van der Waals surface area contributed by atoms with Crippen molar-refractivity contribution >= 4 is 17.5 Å². The summed E-state index contributed by atoms with van der Waals surface area (Å²) < 4.78 is 0. The van der Waals surface area contributed by atoms with Crippen molar-refractivity contribution in [2.45, 2.75) is 19.3 Å². The predicted octanol–water partition coefficient (Wildman–Crippen LogP) is 0.702. The van der Waals surface area contributed by atoms with Gasteiger partial charge in [-0.15, -0.1) is 0 Å². The summed E-state index contributed by atoms with van der Waals surface area (Å²) in [4.78, 5) is 31.1. The molecule has 6 nitrogen and oxygen atoms in total. The average Bonchev–Trinajstić information content (AvgIpc) is 2.98. The molecule has 25 heavy (non-hydrogen) atoms. The Morgan fingerprint density at radius 3 is 2.88 bits per heavy atom. The Balaban J connectivity index is 1.43. The van der Waals surface area contributed by atoms with Gasteiger partial charge in [-0.1, -0.05) is 12.1 Å². The molecule has 1 fully saturated rings. The first-order valence-electron chi connectivity index (χ1n) is 9.31. The van der Waals surface area contributed by atoms with E-state index in [4.69, 9.17) is 5.73 Å². The van der Waals surface area contributed by atoms with Crippen molar-refractivity contribution in [3.05, 3.63) is 29.3 Å². The molecule has 0 aromatic heterocycles. The molecular formula is C19H26N4O2. The molecule has 134 valence electrons. The third-order valence-corrected chi connectivity index (χ3v) is 5.84. The summed E-state index contributed by atoms with van der Waals surface area (Å²) >= 11 is 0. The number of carbonyl (C=O) groups excluding carboxylic acids is 2. The van der Waals surface area contributed by atoms with Crippen molar-refractivity contribution in [1.82, 2.24) is 9.80 Å². The predicted molar refractivity (Wildman–Crippen MR) is 96.6 cm³/mol.